The predicted molar refractivity (Wildman–Crippen MR) is 70.0 cm³/mol. The molecule has 0 radical (unpaired) electrons. The minimum Gasteiger partial charge on any atom is -0.318 e. The Bertz CT molecular complexity index is 583. The van der Waals surface area contributed by atoms with Gasteiger partial charge in [-0.05, 0) is 25.3 Å². The summed E-state index contributed by atoms with van der Waals surface area (Å²) in [5, 5.41) is 3.42. The molecule has 104 valence electrons. The lowest BCUT2D eigenvalue weighted by molar-refractivity contribution is -0.139. The summed E-state index contributed by atoms with van der Waals surface area (Å²) < 4.78 is 0. The maximum absolute atomic E-state index is 12.4. The lowest BCUT2D eigenvalue weighted by atomic mass is 9.92. The number of nitrogens with one attached hydrogen (secondary N) is 2. The number of carbonyl (C=O) groups excluding carboxylic acids is 3. The maximum atomic E-state index is 12.4. The third-order valence-corrected chi connectivity index (χ3v) is 3.71. The summed E-state index contributed by atoms with van der Waals surface area (Å²) in [5.41, 5.74) is 1.94. The Morgan fingerprint density at radius 3 is 2.55 bits per heavy atom. The Morgan fingerprint density at radius 2 is 1.95 bits per heavy atom. The van der Waals surface area contributed by atoms with E-state index in [1.165, 1.54) is 0 Å². The Balaban J connectivity index is 1.84. The van der Waals surface area contributed by atoms with Crippen LogP contribution in [0.5, 0.6) is 0 Å². The standard InChI is InChI=1S/C14H15N3O3/c1-14(10-5-3-2-4-6-10)12(19)17(13(20)15-14)16-11(18)9-7-8-9/h2-6,9H,7-8H2,1H3,(H,15,20)(H,16,18). The largest absolute Gasteiger partial charge is 0.344 e. The molecule has 2 N–H and O–H groups in total. The van der Waals surface area contributed by atoms with E-state index in [0.717, 1.165) is 17.9 Å². The summed E-state index contributed by atoms with van der Waals surface area (Å²) in [6.07, 6.45) is 1.62. The summed E-state index contributed by atoms with van der Waals surface area (Å²) in [4.78, 5) is 36.1. The molecule has 1 atom stereocenters. The first-order valence-electron chi connectivity index (χ1n) is 6.55. The van der Waals surface area contributed by atoms with E-state index in [4.69, 9.17) is 0 Å². The smallest absolute Gasteiger partial charge is 0.318 e. The van der Waals surface area contributed by atoms with Gasteiger partial charge in [-0.3, -0.25) is 15.0 Å². The topological polar surface area (TPSA) is 78.5 Å². The molecule has 6 heteroatoms. The van der Waals surface area contributed by atoms with Crippen molar-refractivity contribution in [3.8, 4) is 0 Å². The SMILES string of the molecule is CC1(c2ccccc2)NC(=O)N(NC(=O)C2CC2)C1=O. The van der Waals surface area contributed by atoms with Crippen LogP contribution < -0.4 is 10.7 Å². The molecule has 20 heavy (non-hydrogen) atoms. The second kappa shape index (κ2) is 4.33. The third-order valence-electron chi connectivity index (χ3n) is 3.71. The average molecular weight is 273 g/mol. The van der Waals surface area contributed by atoms with Crippen molar-refractivity contribution in [3.05, 3.63) is 35.9 Å². The van der Waals surface area contributed by atoms with Gasteiger partial charge in [-0.15, -0.1) is 0 Å². The van der Waals surface area contributed by atoms with Gasteiger partial charge in [-0.1, -0.05) is 30.3 Å². The van der Waals surface area contributed by atoms with Crippen molar-refractivity contribution >= 4 is 17.8 Å². The van der Waals surface area contributed by atoms with Gasteiger partial charge in [-0.25, -0.2) is 4.79 Å². The van der Waals surface area contributed by atoms with Crippen LogP contribution in [-0.4, -0.2) is 22.9 Å². The van der Waals surface area contributed by atoms with Gasteiger partial charge in [0.2, 0.25) is 5.91 Å². The highest BCUT2D eigenvalue weighted by molar-refractivity contribution is 6.08. The van der Waals surface area contributed by atoms with E-state index in [0.29, 0.717) is 5.56 Å². The van der Waals surface area contributed by atoms with E-state index in [-0.39, 0.29) is 11.8 Å². The molecule has 0 spiro atoms. The molecule has 6 nitrogen and oxygen atoms in total. The third kappa shape index (κ3) is 1.93. The number of imide groups is 1. The van der Waals surface area contributed by atoms with E-state index in [1.54, 1.807) is 31.2 Å². The summed E-state index contributed by atoms with van der Waals surface area (Å²) in [6.45, 7) is 1.63. The van der Waals surface area contributed by atoms with Crippen molar-refractivity contribution in [2.24, 2.45) is 5.92 Å². The fraction of sp³-hybridized carbons (Fsp3) is 0.357. The quantitative estimate of drug-likeness (QED) is 0.803. The van der Waals surface area contributed by atoms with E-state index in [9.17, 15) is 14.4 Å². The number of rotatable bonds is 3. The zero-order valence-corrected chi connectivity index (χ0v) is 11.1. The molecule has 4 amide bonds. The molecule has 0 aromatic heterocycles. The molecule has 1 aromatic carbocycles. The number of hydrogen-bond acceptors (Lipinski definition) is 3. The molecule has 1 aliphatic heterocycles. The fourth-order valence-electron chi connectivity index (χ4n) is 2.25. The van der Waals surface area contributed by atoms with Gasteiger partial charge in [-0.2, -0.15) is 5.01 Å². The van der Waals surface area contributed by atoms with E-state index < -0.39 is 17.5 Å². The highest BCUT2D eigenvalue weighted by atomic mass is 16.2. The summed E-state index contributed by atoms with van der Waals surface area (Å²) in [6, 6.07) is 8.36. The van der Waals surface area contributed by atoms with Crippen LogP contribution in [0.3, 0.4) is 0 Å². The molecule has 1 unspecified atom stereocenters. The van der Waals surface area contributed by atoms with Gasteiger partial charge in [0, 0.05) is 5.92 Å². The first-order valence-corrected chi connectivity index (χ1v) is 6.55. The van der Waals surface area contributed by atoms with Crippen LogP contribution >= 0.6 is 0 Å². The number of urea groups is 1. The molecule has 2 aliphatic rings. The Hall–Kier alpha value is -2.37. The number of benzene rings is 1. The zero-order valence-electron chi connectivity index (χ0n) is 11.1. The van der Waals surface area contributed by atoms with Crippen LogP contribution in [0.4, 0.5) is 4.79 Å². The van der Waals surface area contributed by atoms with E-state index in [2.05, 4.69) is 10.7 Å². The highest BCUT2D eigenvalue weighted by Crippen LogP contribution is 2.31. The Morgan fingerprint density at radius 1 is 1.30 bits per heavy atom. The van der Waals surface area contributed by atoms with Gasteiger partial charge in [0.1, 0.15) is 5.54 Å². The van der Waals surface area contributed by atoms with Crippen molar-refractivity contribution in [1.29, 1.82) is 0 Å². The maximum Gasteiger partial charge on any atom is 0.344 e. The lowest BCUT2D eigenvalue weighted by Crippen LogP contribution is -2.48. The molecule has 1 heterocycles. The van der Waals surface area contributed by atoms with Crippen molar-refractivity contribution in [2.75, 3.05) is 0 Å². The second-order valence-electron chi connectivity index (χ2n) is 5.31. The second-order valence-corrected chi connectivity index (χ2v) is 5.31. The molecule has 0 bridgehead atoms. The first kappa shape index (κ1) is 12.7. The summed E-state index contributed by atoms with van der Waals surface area (Å²) in [5.74, 6) is -0.812. The number of carbonyl (C=O) groups is 3. The van der Waals surface area contributed by atoms with Crippen molar-refractivity contribution < 1.29 is 14.4 Å². The summed E-state index contributed by atoms with van der Waals surface area (Å²) in [7, 11) is 0. The highest BCUT2D eigenvalue weighted by Gasteiger charge is 2.50. The molecule has 1 aromatic rings. The van der Waals surface area contributed by atoms with Crippen LogP contribution in [0.2, 0.25) is 0 Å². The number of nitrogens with zero attached hydrogens (tertiary/aromatic N) is 1. The summed E-state index contributed by atoms with van der Waals surface area (Å²) >= 11 is 0. The molecular weight excluding hydrogens is 258 g/mol. The zero-order chi connectivity index (χ0) is 14.3. The Kier molecular flexibility index (Phi) is 2.74. The molecule has 2 fully saturated rings. The molecule has 3 rings (SSSR count). The Labute approximate surface area is 116 Å². The van der Waals surface area contributed by atoms with Gasteiger partial charge in [0.15, 0.2) is 0 Å². The van der Waals surface area contributed by atoms with Crippen LogP contribution in [0.1, 0.15) is 25.3 Å². The monoisotopic (exact) mass is 273 g/mol. The number of amides is 4. The van der Waals surface area contributed by atoms with Gasteiger partial charge in [0.25, 0.3) is 5.91 Å². The van der Waals surface area contributed by atoms with Gasteiger partial charge < -0.3 is 5.32 Å². The van der Waals surface area contributed by atoms with E-state index in [1.807, 2.05) is 6.07 Å². The van der Waals surface area contributed by atoms with Crippen LogP contribution in [-0.2, 0) is 15.1 Å². The minimum atomic E-state index is -1.14. The lowest BCUT2D eigenvalue weighted by Gasteiger charge is -2.22. The molecule has 1 saturated carbocycles. The normalized spacial score (nSPS) is 25.6. The minimum absolute atomic E-state index is 0.0702. The van der Waals surface area contributed by atoms with Crippen LogP contribution in [0, 0.1) is 5.92 Å². The number of hydrogen-bond donors (Lipinski definition) is 2. The van der Waals surface area contributed by atoms with Crippen molar-refractivity contribution in [3.63, 3.8) is 0 Å². The van der Waals surface area contributed by atoms with Gasteiger partial charge >= 0.3 is 6.03 Å². The predicted octanol–water partition coefficient (Wildman–Crippen LogP) is 0.895. The average Bonchev–Trinajstić information content (AvgIpc) is 3.26. The van der Waals surface area contributed by atoms with Gasteiger partial charge in [0.05, 0.1) is 0 Å². The molecule has 1 saturated heterocycles. The van der Waals surface area contributed by atoms with Crippen molar-refractivity contribution in [2.45, 2.75) is 25.3 Å². The van der Waals surface area contributed by atoms with Crippen molar-refractivity contribution in [1.82, 2.24) is 15.8 Å². The van der Waals surface area contributed by atoms with Crippen LogP contribution in [0.15, 0.2) is 30.3 Å². The van der Waals surface area contributed by atoms with E-state index >= 15 is 0 Å². The molecule has 1 aliphatic carbocycles. The number of hydrazine groups is 1. The molecular formula is C14H15N3O3. The fourth-order valence-corrected chi connectivity index (χ4v) is 2.25. The van der Waals surface area contributed by atoms with Crippen LogP contribution in [0.25, 0.3) is 0 Å². The first-order chi connectivity index (χ1) is 9.52.